The first-order valence-electron chi connectivity index (χ1n) is 15.7. The highest BCUT2D eigenvalue weighted by atomic mass is 35.5. The van der Waals surface area contributed by atoms with Gasteiger partial charge in [0.2, 0.25) is 0 Å². The van der Waals surface area contributed by atoms with Crippen LogP contribution in [0.4, 0.5) is 14.6 Å². The summed E-state index contributed by atoms with van der Waals surface area (Å²) in [4.78, 5) is 14.0. The fraction of sp³-hybridized carbons (Fsp3) is 0.429. The second kappa shape index (κ2) is 11.2. The Morgan fingerprint density at radius 2 is 1.87 bits per heavy atom. The number of aromatic hydroxyl groups is 1. The zero-order valence-corrected chi connectivity index (χ0v) is 26.2. The Balaban J connectivity index is 1.24. The van der Waals surface area contributed by atoms with E-state index in [1.807, 2.05) is 0 Å². The van der Waals surface area contributed by atoms with Gasteiger partial charge in [0.15, 0.2) is 5.82 Å². The van der Waals surface area contributed by atoms with Crippen molar-refractivity contribution in [3.05, 3.63) is 52.6 Å². The van der Waals surface area contributed by atoms with Crippen molar-refractivity contribution in [2.75, 3.05) is 51.3 Å². The summed E-state index contributed by atoms with van der Waals surface area (Å²) in [6.45, 7) is 4.56. The predicted octanol–water partition coefficient (Wildman–Crippen LogP) is 5.50. The van der Waals surface area contributed by atoms with E-state index in [9.17, 15) is 9.50 Å². The molecule has 46 heavy (non-hydrogen) atoms. The average Bonchev–Trinajstić information content (AvgIpc) is 3.71. The number of halogens is 3. The van der Waals surface area contributed by atoms with Crippen molar-refractivity contribution >= 4 is 39.1 Å². The average molecular weight is 646 g/mol. The van der Waals surface area contributed by atoms with Gasteiger partial charge in [0, 0.05) is 73.7 Å². The molecule has 8 rings (SSSR count). The minimum Gasteiger partial charge on any atom is -0.508 e. The van der Waals surface area contributed by atoms with E-state index in [0.29, 0.717) is 48.4 Å². The number of hydrogen-bond acceptors (Lipinski definition) is 8. The molecule has 4 fully saturated rings. The molecule has 1 aromatic heterocycles. The Bertz CT molecular complexity index is 1910. The molecular formula is C35H34ClF2N5O3. The second-order valence-corrected chi connectivity index (χ2v) is 13.7. The van der Waals surface area contributed by atoms with Crippen molar-refractivity contribution in [1.29, 1.82) is 0 Å². The van der Waals surface area contributed by atoms with Gasteiger partial charge < -0.3 is 24.8 Å². The van der Waals surface area contributed by atoms with Crippen LogP contribution in [0.1, 0.15) is 31.2 Å². The molecule has 1 aliphatic carbocycles. The maximum atomic E-state index is 17.0. The number of nitrogens with one attached hydrogen (secondary N) is 1. The van der Waals surface area contributed by atoms with E-state index in [0.717, 1.165) is 45.3 Å². The highest BCUT2D eigenvalue weighted by Crippen LogP contribution is 2.48. The van der Waals surface area contributed by atoms with E-state index in [4.69, 9.17) is 32.5 Å². The largest absolute Gasteiger partial charge is 0.508 e. The molecule has 2 unspecified atom stereocenters. The molecule has 3 saturated heterocycles. The lowest BCUT2D eigenvalue weighted by Gasteiger charge is -2.40. The van der Waals surface area contributed by atoms with Crippen molar-refractivity contribution in [3.8, 4) is 35.2 Å². The predicted molar refractivity (Wildman–Crippen MR) is 174 cm³/mol. The van der Waals surface area contributed by atoms with Crippen LogP contribution in [0.3, 0.4) is 0 Å². The maximum Gasteiger partial charge on any atom is 0.319 e. The van der Waals surface area contributed by atoms with Crippen molar-refractivity contribution in [2.24, 2.45) is 5.41 Å². The van der Waals surface area contributed by atoms with Crippen molar-refractivity contribution in [3.63, 3.8) is 0 Å². The van der Waals surface area contributed by atoms with Crippen LogP contribution in [0.25, 0.3) is 32.8 Å². The van der Waals surface area contributed by atoms with Crippen LogP contribution in [0.2, 0.25) is 5.02 Å². The lowest BCUT2D eigenvalue weighted by Crippen LogP contribution is -2.54. The molecule has 4 aromatic rings. The van der Waals surface area contributed by atoms with Crippen LogP contribution in [0, 0.1) is 29.4 Å². The molecule has 2 bridgehead atoms. The van der Waals surface area contributed by atoms with E-state index in [1.165, 1.54) is 24.3 Å². The summed E-state index contributed by atoms with van der Waals surface area (Å²) < 4.78 is 43.6. The highest BCUT2D eigenvalue weighted by Gasteiger charge is 2.47. The molecule has 4 heterocycles. The number of methoxy groups -OCH3 is 1. The quantitative estimate of drug-likeness (QED) is 0.243. The summed E-state index contributed by atoms with van der Waals surface area (Å²) in [5.74, 6) is 1.48. The molecule has 3 aromatic carbocycles. The molecule has 0 spiro atoms. The smallest absolute Gasteiger partial charge is 0.319 e. The van der Waals surface area contributed by atoms with Gasteiger partial charge >= 0.3 is 6.01 Å². The minimum atomic E-state index is -0.722. The summed E-state index contributed by atoms with van der Waals surface area (Å²) in [6.07, 6.45) is 10.2. The van der Waals surface area contributed by atoms with Gasteiger partial charge in [-0.3, -0.25) is 4.90 Å². The highest BCUT2D eigenvalue weighted by molar-refractivity contribution is 6.35. The number of fused-ring (bicyclic) bond motifs is 4. The molecule has 238 valence electrons. The Morgan fingerprint density at radius 3 is 2.57 bits per heavy atom. The Morgan fingerprint density at radius 1 is 1.11 bits per heavy atom. The lowest BCUT2D eigenvalue weighted by molar-refractivity contribution is -0.0410. The van der Waals surface area contributed by atoms with Crippen LogP contribution < -0.4 is 15.0 Å². The molecule has 11 heteroatoms. The van der Waals surface area contributed by atoms with E-state index < -0.39 is 11.6 Å². The molecule has 0 radical (unpaired) electrons. The van der Waals surface area contributed by atoms with E-state index in [-0.39, 0.29) is 55.9 Å². The van der Waals surface area contributed by atoms with Gasteiger partial charge in [0.25, 0.3) is 0 Å². The monoisotopic (exact) mass is 645 g/mol. The molecule has 3 aliphatic heterocycles. The molecule has 8 nitrogen and oxygen atoms in total. The third-order valence-corrected chi connectivity index (χ3v) is 10.4. The van der Waals surface area contributed by atoms with Crippen molar-refractivity contribution < 1.29 is 23.4 Å². The van der Waals surface area contributed by atoms with Gasteiger partial charge in [0.1, 0.15) is 22.9 Å². The number of benzene rings is 3. The number of phenols is 1. The summed E-state index contributed by atoms with van der Waals surface area (Å²) in [7, 11) is 1.74. The molecule has 4 aliphatic rings. The second-order valence-electron chi connectivity index (χ2n) is 13.3. The third-order valence-electron chi connectivity index (χ3n) is 10.1. The number of nitrogens with zero attached hydrogens (tertiary/aromatic N) is 4. The molecule has 2 atom stereocenters. The SMILES string of the molecule is C#Cc1c(F)ccc2cc(O)cc(-c3c(Cl)cc4c(N5CC6CCC(C5)N6)nc(OCC5(CN6CC(OC)C6)CC5)nc4c3F)c12. The normalized spacial score (nSPS) is 22.3. The van der Waals surface area contributed by atoms with Gasteiger partial charge in [-0.1, -0.05) is 23.6 Å². The Kier molecular flexibility index (Phi) is 7.22. The summed E-state index contributed by atoms with van der Waals surface area (Å²) in [5.41, 5.74) is 0.148. The number of likely N-dealkylation sites (tertiary alicyclic amines) is 1. The summed E-state index contributed by atoms with van der Waals surface area (Å²) in [6, 6.07) is 7.91. The van der Waals surface area contributed by atoms with Gasteiger partial charge in [-0.05, 0) is 60.9 Å². The standard InChI is InChI=1S/C35H34ClF2N5O3/c1-3-24-28(37)7-4-19-10-22(44)11-25(29(19)24)30-27(36)12-26-32(31(30)38)40-34(41-33(26)43-13-20-5-6-21(14-43)39-20)46-18-35(8-9-35)17-42-15-23(16-42)45-2/h1,4,7,10-12,20-21,23,39,44H,5-6,8-9,13-18H2,2H3. The molecule has 1 saturated carbocycles. The van der Waals surface area contributed by atoms with E-state index in [2.05, 4.69) is 26.0 Å². The van der Waals surface area contributed by atoms with Gasteiger partial charge in [-0.2, -0.15) is 9.97 Å². The van der Waals surface area contributed by atoms with Crippen molar-refractivity contribution in [2.45, 2.75) is 43.9 Å². The van der Waals surface area contributed by atoms with Crippen LogP contribution in [0.5, 0.6) is 11.8 Å². The van der Waals surface area contributed by atoms with E-state index >= 15 is 4.39 Å². The number of aromatic nitrogens is 2. The number of rotatable bonds is 8. The van der Waals surface area contributed by atoms with Crippen LogP contribution in [-0.2, 0) is 4.74 Å². The zero-order chi connectivity index (χ0) is 31.7. The fourth-order valence-corrected chi connectivity index (χ4v) is 7.76. The Labute approximate surface area is 270 Å². The topological polar surface area (TPSA) is 83.0 Å². The first-order chi connectivity index (χ1) is 22.2. The number of ether oxygens (including phenoxy) is 2. The van der Waals surface area contributed by atoms with Gasteiger partial charge in [-0.25, -0.2) is 8.78 Å². The van der Waals surface area contributed by atoms with Crippen LogP contribution in [0.15, 0.2) is 30.3 Å². The zero-order valence-electron chi connectivity index (χ0n) is 25.5. The van der Waals surface area contributed by atoms with E-state index in [1.54, 1.807) is 13.2 Å². The third kappa shape index (κ3) is 5.10. The lowest BCUT2D eigenvalue weighted by atomic mass is 9.93. The molecule has 2 N–H and O–H groups in total. The summed E-state index contributed by atoms with van der Waals surface area (Å²) in [5, 5.41) is 15.5. The number of piperazine rings is 1. The van der Waals surface area contributed by atoms with Crippen LogP contribution in [-0.4, -0.2) is 84.6 Å². The number of terminal acetylenes is 1. The first-order valence-corrected chi connectivity index (χ1v) is 16.1. The fourth-order valence-electron chi connectivity index (χ4n) is 7.46. The minimum absolute atomic E-state index is 0.00518. The molecule has 0 amide bonds. The number of anilines is 1. The first kappa shape index (κ1) is 29.6. The number of phenolic OH excluding ortho intramolecular Hbond substituents is 1. The summed E-state index contributed by atoms with van der Waals surface area (Å²) >= 11 is 6.87. The van der Waals surface area contributed by atoms with Gasteiger partial charge in [0.05, 0.1) is 23.3 Å². The Hall–Kier alpha value is -3.75. The van der Waals surface area contributed by atoms with Crippen LogP contribution >= 0.6 is 11.6 Å². The maximum absolute atomic E-state index is 17.0. The van der Waals surface area contributed by atoms with Gasteiger partial charge in [-0.15, -0.1) is 6.42 Å². The number of hydrogen-bond donors (Lipinski definition) is 2. The van der Waals surface area contributed by atoms with Crippen molar-refractivity contribution in [1.82, 2.24) is 20.2 Å². The molecular weight excluding hydrogens is 612 g/mol.